The Morgan fingerprint density at radius 3 is 2.32 bits per heavy atom. The van der Waals surface area contributed by atoms with Gasteiger partial charge in [-0.25, -0.2) is 5.43 Å². The van der Waals surface area contributed by atoms with Crippen LogP contribution in [-0.4, -0.2) is 51.5 Å². The third-order valence-corrected chi connectivity index (χ3v) is 5.36. The second-order valence-corrected chi connectivity index (χ2v) is 7.85. The van der Waals surface area contributed by atoms with Crippen molar-refractivity contribution in [3.63, 3.8) is 0 Å². The maximum absolute atomic E-state index is 11.9. The van der Waals surface area contributed by atoms with Gasteiger partial charge in [0.05, 0.1) is 18.3 Å². The molecule has 0 aliphatic carbocycles. The summed E-state index contributed by atoms with van der Waals surface area (Å²) in [5.41, 5.74) is 2.43. The zero-order valence-electron chi connectivity index (χ0n) is 14.8. The van der Waals surface area contributed by atoms with Crippen LogP contribution in [0.4, 0.5) is 0 Å². The van der Waals surface area contributed by atoms with Gasteiger partial charge in [-0.1, -0.05) is 20.3 Å². The zero-order chi connectivity index (χ0) is 19.4. The van der Waals surface area contributed by atoms with E-state index in [1.807, 2.05) is 13.8 Å². The van der Waals surface area contributed by atoms with Crippen LogP contribution in [0.2, 0.25) is 0 Å². The van der Waals surface area contributed by atoms with Gasteiger partial charge in [0.15, 0.2) is 0 Å². The molecule has 0 aliphatic rings. The van der Waals surface area contributed by atoms with E-state index < -0.39 is 18.0 Å². The Hall–Kier alpha value is -0.720. The summed E-state index contributed by atoms with van der Waals surface area (Å²) in [5, 5.41) is 5.16. The molecular formula is C15H27IN4O4S. The molecule has 25 heavy (non-hydrogen) atoms. The van der Waals surface area contributed by atoms with E-state index in [0.29, 0.717) is 12.2 Å². The molecule has 0 spiro atoms. The van der Waals surface area contributed by atoms with Gasteiger partial charge in [0.1, 0.15) is 11.8 Å². The summed E-state index contributed by atoms with van der Waals surface area (Å²) in [4.78, 5) is 46.3. The van der Waals surface area contributed by atoms with Crippen LogP contribution in [-0.2, 0) is 19.2 Å². The number of halogens is 1. The summed E-state index contributed by atoms with van der Waals surface area (Å²) >= 11 is 3.03. The standard InChI is InChI=1S/C15H27IN4O4S/c1-4-9(2)14(15(16)24)19-12(22)7-18-13(23)8-25-6-5-11(20-17)10(3)21/h9,11,14,20H,4-8,17H2,1-3H3,(H,18,23)(H,19,22)/t9-,11-,14-/m0/s1. The van der Waals surface area contributed by atoms with Gasteiger partial charge >= 0.3 is 0 Å². The van der Waals surface area contributed by atoms with Gasteiger partial charge < -0.3 is 10.6 Å². The first kappa shape index (κ1) is 24.3. The average molecular weight is 486 g/mol. The minimum atomic E-state index is -0.545. The number of hydrogen-bond donors (Lipinski definition) is 4. The Labute approximate surface area is 166 Å². The molecule has 0 unspecified atom stereocenters. The Morgan fingerprint density at radius 2 is 1.84 bits per heavy atom. The molecule has 0 radical (unpaired) electrons. The van der Waals surface area contributed by atoms with Crippen LogP contribution in [0.25, 0.3) is 0 Å². The molecule has 5 N–H and O–H groups in total. The van der Waals surface area contributed by atoms with Crippen molar-refractivity contribution in [1.82, 2.24) is 16.1 Å². The Bertz CT molecular complexity index is 478. The van der Waals surface area contributed by atoms with Crippen LogP contribution in [0, 0.1) is 5.92 Å². The van der Waals surface area contributed by atoms with Crippen molar-refractivity contribution < 1.29 is 19.2 Å². The number of hydrogen-bond acceptors (Lipinski definition) is 7. The summed E-state index contributed by atoms with van der Waals surface area (Å²) < 4.78 is -0.129. The summed E-state index contributed by atoms with van der Waals surface area (Å²) in [6.07, 6.45) is 1.29. The first-order valence-electron chi connectivity index (χ1n) is 8.02. The van der Waals surface area contributed by atoms with E-state index >= 15 is 0 Å². The van der Waals surface area contributed by atoms with Crippen molar-refractivity contribution in [2.24, 2.45) is 11.8 Å². The maximum Gasteiger partial charge on any atom is 0.240 e. The highest BCUT2D eigenvalue weighted by Crippen LogP contribution is 2.11. The van der Waals surface area contributed by atoms with E-state index in [1.165, 1.54) is 18.7 Å². The molecule has 0 saturated carbocycles. The van der Waals surface area contributed by atoms with Gasteiger partial charge in [-0.2, -0.15) is 11.8 Å². The van der Waals surface area contributed by atoms with Crippen LogP contribution in [0.1, 0.15) is 33.6 Å². The van der Waals surface area contributed by atoms with Crippen molar-refractivity contribution in [1.29, 1.82) is 0 Å². The highest BCUT2D eigenvalue weighted by Gasteiger charge is 2.23. The fourth-order valence-corrected chi connectivity index (χ4v) is 3.49. The normalized spacial score (nSPS) is 14.3. The molecular weight excluding hydrogens is 459 g/mol. The largest absolute Gasteiger partial charge is 0.346 e. The lowest BCUT2D eigenvalue weighted by Crippen LogP contribution is -2.47. The third-order valence-electron chi connectivity index (χ3n) is 3.70. The highest BCUT2D eigenvalue weighted by atomic mass is 127. The van der Waals surface area contributed by atoms with Crippen LogP contribution >= 0.6 is 34.4 Å². The van der Waals surface area contributed by atoms with Gasteiger partial charge in [-0.3, -0.25) is 25.0 Å². The number of ketones is 1. The topological polar surface area (TPSA) is 130 Å². The smallest absolute Gasteiger partial charge is 0.240 e. The van der Waals surface area contributed by atoms with Crippen LogP contribution in [0.3, 0.4) is 0 Å². The number of amides is 2. The molecule has 0 aromatic carbocycles. The minimum absolute atomic E-state index is 0.0324. The fourth-order valence-electron chi connectivity index (χ4n) is 1.88. The molecule has 0 fully saturated rings. The number of carbonyl (C=O) groups is 4. The first-order chi connectivity index (χ1) is 11.7. The van der Waals surface area contributed by atoms with E-state index in [4.69, 9.17) is 5.84 Å². The molecule has 3 atom stereocenters. The number of hydrazine groups is 1. The molecule has 10 heteroatoms. The number of nitrogens with one attached hydrogen (secondary N) is 3. The van der Waals surface area contributed by atoms with Gasteiger partial charge in [0, 0.05) is 22.6 Å². The van der Waals surface area contributed by atoms with Crippen LogP contribution in [0.15, 0.2) is 0 Å². The lowest BCUT2D eigenvalue weighted by atomic mass is 10.0. The molecule has 0 rings (SSSR count). The first-order valence-corrected chi connectivity index (χ1v) is 10.3. The Morgan fingerprint density at radius 1 is 1.20 bits per heavy atom. The van der Waals surface area contributed by atoms with Crippen molar-refractivity contribution in [3.8, 4) is 0 Å². The average Bonchev–Trinajstić information content (AvgIpc) is 2.56. The second kappa shape index (κ2) is 13.5. The van der Waals surface area contributed by atoms with Crippen molar-refractivity contribution in [2.45, 2.75) is 45.7 Å². The second-order valence-electron chi connectivity index (χ2n) is 5.68. The maximum atomic E-state index is 11.9. The SMILES string of the molecule is CC[C@H](C)[C@H](NC(=O)CNC(=O)CSCC[C@H](NN)C(C)=O)C(=O)I. The molecule has 0 bridgehead atoms. The van der Waals surface area contributed by atoms with E-state index in [-0.39, 0.29) is 33.7 Å². The van der Waals surface area contributed by atoms with E-state index in [9.17, 15) is 19.2 Å². The highest BCUT2D eigenvalue weighted by molar-refractivity contribution is 14.1. The number of nitrogens with two attached hydrogens (primary N) is 1. The van der Waals surface area contributed by atoms with Crippen molar-refractivity contribution in [2.75, 3.05) is 18.1 Å². The number of thioether (sulfide) groups is 1. The predicted octanol–water partition coefficient (Wildman–Crippen LogP) is 0.139. The van der Waals surface area contributed by atoms with E-state index in [1.54, 1.807) is 22.6 Å². The molecule has 0 aromatic rings. The summed E-state index contributed by atoms with van der Waals surface area (Å²) in [6, 6.07) is -0.957. The monoisotopic (exact) mass is 486 g/mol. The fraction of sp³-hybridized carbons (Fsp3) is 0.733. The Kier molecular flexibility index (Phi) is 13.1. The number of Topliss-reactive ketones (excluding diaryl/α,β-unsaturated/α-hetero) is 1. The van der Waals surface area contributed by atoms with E-state index in [2.05, 4.69) is 16.1 Å². The third kappa shape index (κ3) is 10.8. The van der Waals surface area contributed by atoms with Crippen LogP contribution in [0.5, 0.6) is 0 Å². The molecule has 0 aromatic heterocycles. The predicted molar refractivity (Wildman–Crippen MR) is 107 cm³/mol. The van der Waals surface area contributed by atoms with Gasteiger partial charge in [-0.15, -0.1) is 0 Å². The lowest BCUT2D eigenvalue weighted by molar-refractivity contribution is -0.126. The molecule has 2 amide bonds. The van der Waals surface area contributed by atoms with Crippen molar-refractivity contribution in [3.05, 3.63) is 0 Å². The summed E-state index contributed by atoms with van der Waals surface area (Å²) in [5.74, 6) is 5.35. The van der Waals surface area contributed by atoms with Gasteiger partial charge in [0.25, 0.3) is 0 Å². The summed E-state index contributed by atoms with van der Waals surface area (Å²) in [6.45, 7) is 5.12. The molecule has 0 heterocycles. The lowest BCUT2D eigenvalue weighted by Gasteiger charge is -2.20. The van der Waals surface area contributed by atoms with Gasteiger partial charge in [0.2, 0.25) is 15.6 Å². The molecule has 0 saturated heterocycles. The molecule has 8 nitrogen and oxygen atoms in total. The molecule has 0 aliphatic heterocycles. The molecule has 144 valence electrons. The Balaban J connectivity index is 4.06. The van der Waals surface area contributed by atoms with Gasteiger partial charge in [-0.05, 0) is 25.0 Å². The minimum Gasteiger partial charge on any atom is -0.346 e. The summed E-state index contributed by atoms with van der Waals surface area (Å²) in [7, 11) is 0. The van der Waals surface area contributed by atoms with E-state index in [0.717, 1.165) is 6.42 Å². The number of rotatable bonds is 13. The number of carbonyl (C=O) groups excluding carboxylic acids is 4. The van der Waals surface area contributed by atoms with Crippen LogP contribution < -0.4 is 21.9 Å². The van der Waals surface area contributed by atoms with Crippen molar-refractivity contribution >= 4 is 55.7 Å². The zero-order valence-corrected chi connectivity index (χ0v) is 17.7. The quantitative estimate of drug-likeness (QED) is 0.0958.